The van der Waals surface area contributed by atoms with Gasteiger partial charge in [0.1, 0.15) is 6.04 Å². The van der Waals surface area contributed by atoms with E-state index in [0.29, 0.717) is 0 Å². The lowest BCUT2D eigenvalue weighted by atomic mass is 9.82. The van der Waals surface area contributed by atoms with E-state index in [1.165, 1.54) is 18.7 Å². The second-order valence-corrected chi connectivity index (χ2v) is 5.56. The molecule has 0 aliphatic carbocycles. The van der Waals surface area contributed by atoms with E-state index >= 15 is 0 Å². The molecule has 1 aliphatic heterocycles. The van der Waals surface area contributed by atoms with Crippen LogP contribution < -0.4 is 0 Å². The molecule has 0 saturated carbocycles. The summed E-state index contributed by atoms with van der Waals surface area (Å²) in [6.45, 7) is 2.33. The summed E-state index contributed by atoms with van der Waals surface area (Å²) in [4.78, 5) is 12.7. The number of carboxylic acid groups (broad SMARTS) is 1. The van der Waals surface area contributed by atoms with Crippen molar-refractivity contribution in [1.29, 1.82) is 0 Å². The zero-order valence-corrected chi connectivity index (χ0v) is 10.9. The maximum atomic E-state index is 14.0. The standard InChI is InChI=1S/C14H17F2NO2/c1-13(2)11(12(18)19)17(9-14(13,15)16)8-10-6-4-3-5-7-10/h3-7,11H,8-9H2,1-2H3,(H,18,19). The first-order valence-electron chi connectivity index (χ1n) is 6.14. The quantitative estimate of drug-likeness (QED) is 0.917. The Kier molecular flexibility index (Phi) is 3.34. The Hall–Kier alpha value is -1.49. The fraction of sp³-hybridized carbons (Fsp3) is 0.500. The average molecular weight is 269 g/mol. The van der Waals surface area contributed by atoms with Gasteiger partial charge < -0.3 is 5.11 Å². The van der Waals surface area contributed by atoms with Gasteiger partial charge >= 0.3 is 5.97 Å². The maximum Gasteiger partial charge on any atom is 0.321 e. The molecule has 0 radical (unpaired) electrons. The van der Waals surface area contributed by atoms with Crippen LogP contribution in [0, 0.1) is 5.41 Å². The Balaban J connectivity index is 2.28. The van der Waals surface area contributed by atoms with Crippen molar-refractivity contribution in [2.24, 2.45) is 5.41 Å². The molecule has 1 aliphatic rings. The number of halogens is 2. The third-order valence-corrected chi connectivity index (χ3v) is 3.86. The highest BCUT2D eigenvalue weighted by molar-refractivity contribution is 5.75. The summed E-state index contributed by atoms with van der Waals surface area (Å²) in [6.07, 6.45) is 0. The van der Waals surface area contributed by atoms with Gasteiger partial charge in [-0.25, -0.2) is 8.78 Å². The van der Waals surface area contributed by atoms with E-state index < -0.39 is 29.9 Å². The van der Waals surface area contributed by atoms with Crippen LogP contribution >= 0.6 is 0 Å². The molecule has 1 unspecified atom stereocenters. The molecular formula is C14H17F2NO2. The first kappa shape index (κ1) is 13.9. The minimum atomic E-state index is -3.01. The second kappa shape index (κ2) is 4.56. The van der Waals surface area contributed by atoms with Gasteiger partial charge in [-0.15, -0.1) is 0 Å². The number of alkyl halides is 2. The van der Waals surface area contributed by atoms with Gasteiger partial charge in [-0.1, -0.05) is 44.2 Å². The van der Waals surface area contributed by atoms with Crippen molar-refractivity contribution in [3.05, 3.63) is 35.9 Å². The van der Waals surface area contributed by atoms with E-state index in [9.17, 15) is 18.7 Å². The van der Waals surface area contributed by atoms with Crippen molar-refractivity contribution in [2.45, 2.75) is 32.4 Å². The van der Waals surface area contributed by atoms with Gasteiger partial charge in [0.25, 0.3) is 5.92 Å². The van der Waals surface area contributed by atoms with Crippen LogP contribution in [0.5, 0.6) is 0 Å². The number of hydrogen-bond acceptors (Lipinski definition) is 2. The van der Waals surface area contributed by atoms with Crippen LogP contribution in [0.25, 0.3) is 0 Å². The van der Waals surface area contributed by atoms with Gasteiger partial charge in [-0.2, -0.15) is 0 Å². The van der Waals surface area contributed by atoms with E-state index in [-0.39, 0.29) is 6.54 Å². The normalized spacial score (nSPS) is 25.4. The number of carboxylic acids is 1. The Morgan fingerprint density at radius 3 is 2.47 bits per heavy atom. The second-order valence-electron chi connectivity index (χ2n) is 5.56. The van der Waals surface area contributed by atoms with Crippen molar-refractivity contribution in [3.63, 3.8) is 0 Å². The molecule has 5 heteroatoms. The molecule has 1 aromatic carbocycles. The summed E-state index contributed by atoms with van der Waals surface area (Å²) in [5.74, 6) is -4.21. The summed E-state index contributed by atoms with van der Waals surface area (Å²) < 4.78 is 28.0. The summed E-state index contributed by atoms with van der Waals surface area (Å²) in [7, 11) is 0. The van der Waals surface area contributed by atoms with E-state index in [1.807, 2.05) is 30.3 Å². The Bertz CT molecular complexity index is 474. The number of aliphatic carboxylic acids is 1. The highest BCUT2D eigenvalue weighted by Gasteiger charge is 2.62. The molecular weight excluding hydrogens is 252 g/mol. The molecule has 0 spiro atoms. The molecule has 104 valence electrons. The fourth-order valence-corrected chi connectivity index (χ4v) is 2.64. The highest BCUT2D eigenvalue weighted by atomic mass is 19.3. The first-order chi connectivity index (χ1) is 8.75. The van der Waals surface area contributed by atoms with Gasteiger partial charge in [-0.3, -0.25) is 9.69 Å². The molecule has 1 atom stereocenters. The van der Waals surface area contributed by atoms with E-state index in [0.717, 1.165) is 5.56 Å². The van der Waals surface area contributed by atoms with Gasteiger partial charge in [0.05, 0.1) is 12.0 Å². The minimum absolute atomic E-state index is 0.219. The summed E-state index contributed by atoms with van der Waals surface area (Å²) in [5.41, 5.74) is -0.740. The smallest absolute Gasteiger partial charge is 0.321 e. The van der Waals surface area contributed by atoms with Gasteiger partial charge in [0, 0.05) is 6.54 Å². The van der Waals surface area contributed by atoms with E-state index in [2.05, 4.69) is 0 Å². The minimum Gasteiger partial charge on any atom is -0.480 e. The van der Waals surface area contributed by atoms with Gasteiger partial charge in [0.2, 0.25) is 0 Å². The van der Waals surface area contributed by atoms with Crippen molar-refractivity contribution >= 4 is 5.97 Å². The van der Waals surface area contributed by atoms with Crippen LogP contribution in [0.1, 0.15) is 19.4 Å². The van der Waals surface area contributed by atoms with E-state index in [1.54, 1.807) is 0 Å². The molecule has 0 aromatic heterocycles. The molecule has 1 N–H and O–H groups in total. The number of hydrogen-bond donors (Lipinski definition) is 1. The van der Waals surface area contributed by atoms with Gasteiger partial charge in [0.15, 0.2) is 0 Å². The number of rotatable bonds is 3. The molecule has 0 bridgehead atoms. The van der Waals surface area contributed by atoms with Crippen LogP contribution in [0.3, 0.4) is 0 Å². The molecule has 3 nitrogen and oxygen atoms in total. The molecule has 19 heavy (non-hydrogen) atoms. The highest BCUT2D eigenvalue weighted by Crippen LogP contribution is 2.48. The number of carbonyl (C=O) groups is 1. The van der Waals surface area contributed by atoms with Crippen molar-refractivity contribution < 1.29 is 18.7 Å². The monoisotopic (exact) mass is 269 g/mol. The third kappa shape index (κ3) is 2.34. The Morgan fingerprint density at radius 2 is 1.95 bits per heavy atom. The molecule has 1 saturated heterocycles. The average Bonchev–Trinajstić information content (AvgIpc) is 2.45. The van der Waals surface area contributed by atoms with Crippen LogP contribution in [0.4, 0.5) is 8.78 Å². The Morgan fingerprint density at radius 1 is 1.37 bits per heavy atom. The van der Waals surface area contributed by atoms with Crippen LogP contribution in [-0.4, -0.2) is 34.5 Å². The zero-order valence-electron chi connectivity index (χ0n) is 10.9. The van der Waals surface area contributed by atoms with Crippen molar-refractivity contribution in [1.82, 2.24) is 4.90 Å². The van der Waals surface area contributed by atoms with Crippen LogP contribution in [-0.2, 0) is 11.3 Å². The van der Waals surface area contributed by atoms with Gasteiger partial charge in [-0.05, 0) is 5.56 Å². The number of benzene rings is 1. The summed E-state index contributed by atoms with van der Waals surface area (Å²) in [5, 5.41) is 9.25. The lowest BCUT2D eigenvalue weighted by Crippen LogP contribution is -2.45. The van der Waals surface area contributed by atoms with E-state index in [4.69, 9.17) is 0 Å². The zero-order chi connectivity index (χ0) is 14.3. The Labute approximate surface area is 110 Å². The number of nitrogens with zero attached hydrogens (tertiary/aromatic N) is 1. The number of likely N-dealkylation sites (tertiary alicyclic amines) is 1. The van der Waals surface area contributed by atoms with Crippen molar-refractivity contribution in [2.75, 3.05) is 6.54 Å². The topological polar surface area (TPSA) is 40.5 Å². The lowest BCUT2D eigenvalue weighted by molar-refractivity contribution is -0.149. The molecule has 1 fully saturated rings. The largest absolute Gasteiger partial charge is 0.480 e. The molecule has 1 heterocycles. The van der Waals surface area contributed by atoms with Crippen molar-refractivity contribution in [3.8, 4) is 0 Å². The fourth-order valence-electron chi connectivity index (χ4n) is 2.64. The summed E-state index contributed by atoms with van der Waals surface area (Å²) >= 11 is 0. The first-order valence-corrected chi connectivity index (χ1v) is 6.14. The molecule has 2 rings (SSSR count). The summed E-state index contributed by atoms with van der Waals surface area (Å²) in [6, 6.07) is 7.89. The lowest BCUT2D eigenvalue weighted by Gasteiger charge is -2.30. The molecule has 1 aromatic rings. The van der Waals surface area contributed by atoms with Crippen LogP contribution in [0.15, 0.2) is 30.3 Å². The maximum absolute atomic E-state index is 14.0. The predicted octanol–water partition coefficient (Wildman–Crippen LogP) is 2.62. The predicted molar refractivity (Wildman–Crippen MR) is 67.0 cm³/mol. The molecule has 0 amide bonds. The SMILES string of the molecule is CC1(C)C(C(=O)O)N(Cc2ccccc2)CC1(F)F. The third-order valence-electron chi connectivity index (χ3n) is 3.86. The van der Waals surface area contributed by atoms with Crippen LogP contribution in [0.2, 0.25) is 0 Å².